The monoisotopic (exact) mass is 567 g/mol. The van der Waals surface area contributed by atoms with Crippen molar-refractivity contribution in [2.75, 3.05) is 32.3 Å². The number of carbonyl (C=O) groups is 3. The van der Waals surface area contributed by atoms with Gasteiger partial charge in [-0.05, 0) is 61.8 Å². The second kappa shape index (κ2) is 13.3. The third-order valence-electron chi connectivity index (χ3n) is 5.40. The topological polar surface area (TPSA) is 162 Å². The molecule has 2 amide bonds. The molecule has 2 heterocycles. The Bertz CT molecular complexity index is 1260. The van der Waals surface area contributed by atoms with Crippen LogP contribution in [-0.4, -0.2) is 64.8 Å². The van der Waals surface area contributed by atoms with E-state index in [1.807, 2.05) is 6.26 Å². The molecule has 12 nitrogen and oxygen atoms in total. The van der Waals surface area contributed by atoms with Gasteiger partial charge in [0.1, 0.15) is 30.2 Å². The SMILES string of the molecule is CCOC(=O)C1=C(COC(=O)[C@@H](CCSC)NS(=O)(=O)c2ccc(OC)cc2)NC(=O)N[C@@H]1c1ccco1. The summed E-state index contributed by atoms with van der Waals surface area (Å²) in [7, 11) is -2.62. The average Bonchev–Trinajstić information content (AvgIpc) is 3.44. The van der Waals surface area contributed by atoms with Crippen LogP contribution in [0.5, 0.6) is 5.75 Å². The Morgan fingerprint density at radius 1 is 1.18 bits per heavy atom. The van der Waals surface area contributed by atoms with Crippen molar-refractivity contribution in [3.05, 3.63) is 59.7 Å². The lowest BCUT2D eigenvalue weighted by molar-refractivity contribution is -0.145. The van der Waals surface area contributed by atoms with Gasteiger partial charge in [0, 0.05) is 0 Å². The lowest BCUT2D eigenvalue weighted by Gasteiger charge is -2.28. The van der Waals surface area contributed by atoms with E-state index in [1.165, 1.54) is 49.4 Å². The number of furan rings is 1. The maximum atomic E-state index is 13.0. The van der Waals surface area contributed by atoms with Crippen molar-refractivity contribution >= 4 is 39.8 Å². The lowest BCUT2D eigenvalue weighted by atomic mass is 10.0. The zero-order chi connectivity index (χ0) is 27.7. The van der Waals surface area contributed by atoms with Crippen molar-refractivity contribution in [2.24, 2.45) is 0 Å². The fourth-order valence-electron chi connectivity index (χ4n) is 3.57. The highest BCUT2D eigenvalue weighted by Crippen LogP contribution is 2.28. The largest absolute Gasteiger partial charge is 0.497 e. The van der Waals surface area contributed by atoms with E-state index in [0.717, 1.165) is 0 Å². The van der Waals surface area contributed by atoms with Gasteiger partial charge in [0.25, 0.3) is 0 Å². The molecule has 0 saturated heterocycles. The van der Waals surface area contributed by atoms with E-state index in [4.69, 9.17) is 18.6 Å². The Kier molecular flexibility index (Phi) is 10.2. The van der Waals surface area contributed by atoms with Crippen LogP contribution in [0.15, 0.2) is 63.2 Å². The zero-order valence-electron chi connectivity index (χ0n) is 21.0. The average molecular weight is 568 g/mol. The van der Waals surface area contributed by atoms with E-state index in [1.54, 1.807) is 19.1 Å². The highest BCUT2D eigenvalue weighted by atomic mass is 32.2. The van der Waals surface area contributed by atoms with Crippen LogP contribution in [-0.2, 0) is 29.1 Å². The molecule has 0 unspecified atom stereocenters. The van der Waals surface area contributed by atoms with Crippen molar-refractivity contribution in [3.8, 4) is 5.75 Å². The van der Waals surface area contributed by atoms with Crippen LogP contribution in [0.4, 0.5) is 4.79 Å². The zero-order valence-corrected chi connectivity index (χ0v) is 22.6. The Morgan fingerprint density at radius 2 is 1.92 bits per heavy atom. The van der Waals surface area contributed by atoms with Gasteiger partial charge in [0.05, 0.1) is 36.1 Å². The summed E-state index contributed by atoms with van der Waals surface area (Å²) in [6, 6.07) is 6.01. The van der Waals surface area contributed by atoms with Crippen LogP contribution in [0, 0.1) is 0 Å². The molecular weight excluding hydrogens is 538 g/mol. The Balaban J connectivity index is 1.83. The van der Waals surface area contributed by atoms with Gasteiger partial charge in [-0.3, -0.25) is 4.79 Å². The molecule has 1 aromatic heterocycles. The van der Waals surface area contributed by atoms with E-state index >= 15 is 0 Å². The van der Waals surface area contributed by atoms with Gasteiger partial charge >= 0.3 is 18.0 Å². The summed E-state index contributed by atoms with van der Waals surface area (Å²) >= 11 is 1.42. The molecule has 0 bridgehead atoms. The number of methoxy groups -OCH3 is 1. The third kappa shape index (κ3) is 7.30. The van der Waals surface area contributed by atoms with E-state index in [2.05, 4.69) is 15.4 Å². The first kappa shape index (κ1) is 29.1. The number of carbonyl (C=O) groups excluding carboxylic acids is 3. The van der Waals surface area contributed by atoms with Crippen LogP contribution in [0.25, 0.3) is 0 Å². The normalized spacial score (nSPS) is 16.3. The molecule has 14 heteroatoms. The molecule has 0 spiro atoms. The number of hydrogen-bond acceptors (Lipinski definition) is 10. The molecule has 0 radical (unpaired) electrons. The fourth-order valence-corrected chi connectivity index (χ4v) is 5.26. The second-order valence-corrected chi connectivity index (χ2v) is 10.6. The standard InChI is InChI=1S/C24H29N3O9S2/c1-4-34-23(29)20-18(25-24(30)26-21(20)19-6-5-12-35-19)14-36-22(28)17(11-13-37-3)27-38(31,32)16-9-7-15(33-2)8-10-16/h5-10,12,17,21,27H,4,11,13-14H2,1-3H3,(H2,25,26,30)/t17-,21-/m1/s1. The van der Waals surface area contributed by atoms with Crippen LogP contribution in [0.3, 0.4) is 0 Å². The number of amides is 2. The van der Waals surface area contributed by atoms with Gasteiger partial charge in [-0.25, -0.2) is 18.0 Å². The Hall–Kier alpha value is -3.49. The third-order valence-corrected chi connectivity index (χ3v) is 7.53. The summed E-state index contributed by atoms with van der Waals surface area (Å²) in [6.45, 7) is 1.18. The second-order valence-electron chi connectivity index (χ2n) is 7.90. The Labute approximate surface area is 224 Å². The smallest absolute Gasteiger partial charge is 0.338 e. The van der Waals surface area contributed by atoms with Crippen LogP contribution in [0.2, 0.25) is 0 Å². The Morgan fingerprint density at radius 3 is 2.53 bits per heavy atom. The van der Waals surface area contributed by atoms with Crippen molar-refractivity contribution in [1.29, 1.82) is 0 Å². The van der Waals surface area contributed by atoms with Gasteiger partial charge < -0.3 is 29.3 Å². The number of rotatable bonds is 13. The summed E-state index contributed by atoms with van der Waals surface area (Å²) in [5.41, 5.74) is -0.0164. The predicted molar refractivity (Wildman–Crippen MR) is 138 cm³/mol. The van der Waals surface area contributed by atoms with Gasteiger partial charge in [-0.15, -0.1) is 0 Å². The summed E-state index contributed by atoms with van der Waals surface area (Å²) in [6.07, 6.45) is 3.34. The number of hydrogen-bond donors (Lipinski definition) is 3. The van der Waals surface area contributed by atoms with E-state index in [9.17, 15) is 22.8 Å². The van der Waals surface area contributed by atoms with Crippen LogP contribution < -0.4 is 20.1 Å². The highest BCUT2D eigenvalue weighted by molar-refractivity contribution is 7.98. The predicted octanol–water partition coefficient (Wildman–Crippen LogP) is 2.10. The maximum Gasteiger partial charge on any atom is 0.338 e. The maximum absolute atomic E-state index is 13.0. The van der Waals surface area contributed by atoms with Crippen LogP contribution in [0.1, 0.15) is 25.1 Å². The van der Waals surface area contributed by atoms with E-state index in [0.29, 0.717) is 11.5 Å². The molecule has 3 rings (SSSR count). The fraction of sp³-hybridized carbons (Fsp3) is 0.375. The minimum Gasteiger partial charge on any atom is -0.497 e. The van der Waals surface area contributed by atoms with Crippen molar-refractivity contribution < 1.29 is 41.4 Å². The first-order valence-corrected chi connectivity index (χ1v) is 14.4. The molecule has 0 aliphatic carbocycles. The molecule has 3 N–H and O–H groups in total. The molecule has 38 heavy (non-hydrogen) atoms. The minimum atomic E-state index is -4.08. The summed E-state index contributed by atoms with van der Waals surface area (Å²) in [5.74, 6) is -0.412. The van der Waals surface area contributed by atoms with E-state index < -0.39 is 46.7 Å². The minimum absolute atomic E-state index is 0.00585. The molecule has 0 saturated carbocycles. The van der Waals surface area contributed by atoms with Gasteiger partial charge in [0.2, 0.25) is 10.0 Å². The van der Waals surface area contributed by atoms with Gasteiger partial charge in [0.15, 0.2) is 0 Å². The van der Waals surface area contributed by atoms with Gasteiger partial charge in [-0.1, -0.05) is 0 Å². The number of ether oxygens (including phenoxy) is 3. The molecule has 2 atom stereocenters. The van der Waals surface area contributed by atoms with Crippen molar-refractivity contribution in [3.63, 3.8) is 0 Å². The van der Waals surface area contributed by atoms with Crippen molar-refractivity contribution in [2.45, 2.75) is 30.3 Å². The molecule has 0 fully saturated rings. The number of esters is 2. The summed E-state index contributed by atoms with van der Waals surface area (Å²) in [5, 5.41) is 5.06. The number of benzene rings is 1. The first-order valence-electron chi connectivity index (χ1n) is 11.5. The molecule has 2 aromatic rings. The first-order chi connectivity index (χ1) is 18.2. The number of urea groups is 1. The number of thioether (sulfide) groups is 1. The van der Waals surface area contributed by atoms with Crippen LogP contribution >= 0.6 is 11.8 Å². The van der Waals surface area contributed by atoms with Gasteiger partial charge in [-0.2, -0.15) is 16.5 Å². The number of sulfonamides is 1. The quantitative estimate of drug-likeness (QED) is 0.306. The lowest BCUT2D eigenvalue weighted by Crippen LogP contribution is -2.47. The molecule has 1 aromatic carbocycles. The molecular formula is C24H29N3O9S2. The molecule has 1 aliphatic rings. The summed E-state index contributed by atoms with van der Waals surface area (Å²) in [4.78, 5) is 38.1. The molecule has 206 valence electrons. The molecule has 1 aliphatic heterocycles. The van der Waals surface area contributed by atoms with E-state index in [-0.39, 0.29) is 35.0 Å². The van der Waals surface area contributed by atoms with Crippen molar-refractivity contribution in [1.82, 2.24) is 15.4 Å². The summed E-state index contributed by atoms with van der Waals surface area (Å²) < 4.78 is 49.2. The highest BCUT2D eigenvalue weighted by Gasteiger charge is 2.36. The number of nitrogens with one attached hydrogen (secondary N) is 3.